The number of fused-ring (bicyclic) bond motifs is 2. The van der Waals surface area contributed by atoms with Gasteiger partial charge in [-0.25, -0.2) is 22.3 Å². The Morgan fingerprint density at radius 1 is 1.00 bits per heavy atom. The van der Waals surface area contributed by atoms with E-state index in [9.17, 15) is 13.2 Å². The first kappa shape index (κ1) is 20.4. The van der Waals surface area contributed by atoms with Gasteiger partial charge in [0.1, 0.15) is 4.90 Å². The molecule has 0 saturated carbocycles. The molecular formula is C24H22N4O3S. The molecule has 0 N–H and O–H groups in total. The summed E-state index contributed by atoms with van der Waals surface area (Å²) in [5.41, 5.74) is 3.79. The standard InChI is InChI=1S/C24H22N4O3S/c1-2-18-9-11-19(12-10-18)16-28-24(29)27-14-5-8-22(23(27)25-28)32(30,31)26-15-13-20-6-3-4-7-21(20)17-26/h2-12,14H,1,13,15-17H2. The van der Waals surface area contributed by atoms with Crippen LogP contribution >= 0.6 is 0 Å². The maximum atomic E-state index is 13.5. The SMILES string of the molecule is C=Cc1ccc(Cn2nc3c(S(=O)(=O)N4CCc5ccccc5C4)cccn3c2=O)cc1. The third-order valence-corrected chi connectivity index (χ3v) is 7.70. The van der Waals surface area contributed by atoms with Crippen LogP contribution < -0.4 is 5.69 Å². The van der Waals surface area contributed by atoms with Gasteiger partial charge in [-0.15, -0.1) is 5.10 Å². The summed E-state index contributed by atoms with van der Waals surface area (Å²) in [6.45, 7) is 4.68. The molecular weight excluding hydrogens is 424 g/mol. The van der Waals surface area contributed by atoms with E-state index in [0.717, 1.165) is 16.7 Å². The highest BCUT2D eigenvalue weighted by Gasteiger charge is 2.31. The molecule has 162 valence electrons. The number of pyridine rings is 1. The monoisotopic (exact) mass is 446 g/mol. The first-order chi connectivity index (χ1) is 15.5. The van der Waals surface area contributed by atoms with Crippen LogP contribution in [0.15, 0.2) is 83.1 Å². The van der Waals surface area contributed by atoms with Crippen molar-refractivity contribution in [1.29, 1.82) is 0 Å². The second kappa shape index (κ2) is 7.89. The highest BCUT2D eigenvalue weighted by atomic mass is 32.2. The van der Waals surface area contributed by atoms with Crippen molar-refractivity contribution in [2.24, 2.45) is 0 Å². The number of aromatic nitrogens is 3. The molecule has 1 aliphatic heterocycles. The van der Waals surface area contributed by atoms with Crippen LogP contribution in [0.4, 0.5) is 0 Å². The van der Waals surface area contributed by atoms with Gasteiger partial charge in [0.15, 0.2) is 5.65 Å². The predicted octanol–water partition coefficient (Wildman–Crippen LogP) is 2.93. The van der Waals surface area contributed by atoms with Gasteiger partial charge in [0.25, 0.3) is 0 Å². The number of hydrogen-bond acceptors (Lipinski definition) is 4. The maximum Gasteiger partial charge on any atom is 0.350 e. The fourth-order valence-electron chi connectivity index (χ4n) is 4.06. The van der Waals surface area contributed by atoms with Crippen molar-refractivity contribution < 1.29 is 8.42 Å². The number of hydrogen-bond donors (Lipinski definition) is 0. The van der Waals surface area contributed by atoms with Crippen LogP contribution in [0.1, 0.15) is 22.3 Å². The molecule has 0 spiro atoms. The Labute approximate surface area is 185 Å². The van der Waals surface area contributed by atoms with E-state index < -0.39 is 10.0 Å². The molecule has 0 aliphatic carbocycles. The summed E-state index contributed by atoms with van der Waals surface area (Å²) in [6.07, 6.45) is 3.95. The minimum absolute atomic E-state index is 0.0391. The second-order valence-corrected chi connectivity index (χ2v) is 9.72. The van der Waals surface area contributed by atoms with Crippen molar-refractivity contribution in [3.63, 3.8) is 0 Å². The van der Waals surface area contributed by atoms with Crippen LogP contribution in [0.25, 0.3) is 11.7 Å². The lowest BCUT2D eigenvalue weighted by Crippen LogP contribution is -2.36. The Bertz CT molecular complexity index is 1480. The zero-order valence-electron chi connectivity index (χ0n) is 17.4. The van der Waals surface area contributed by atoms with Crippen LogP contribution in [-0.2, 0) is 29.5 Å². The topological polar surface area (TPSA) is 76.7 Å². The zero-order chi connectivity index (χ0) is 22.3. The lowest BCUT2D eigenvalue weighted by molar-refractivity contribution is 0.391. The number of benzene rings is 2. The van der Waals surface area contributed by atoms with Gasteiger partial charge >= 0.3 is 5.69 Å². The Morgan fingerprint density at radius 2 is 1.75 bits per heavy atom. The number of rotatable bonds is 5. The Hall–Kier alpha value is -3.49. The summed E-state index contributed by atoms with van der Waals surface area (Å²) < 4.78 is 31.1. The fourth-order valence-corrected chi connectivity index (χ4v) is 5.60. The van der Waals surface area contributed by atoms with Gasteiger partial charge in [-0.3, -0.25) is 0 Å². The molecule has 0 radical (unpaired) electrons. The molecule has 3 heterocycles. The molecule has 0 bridgehead atoms. The molecule has 1 aliphatic rings. The molecule has 4 aromatic rings. The van der Waals surface area contributed by atoms with E-state index in [1.807, 2.05) is 48.5 Å². The van der Waals surface area contributed by atoms with Crippen molar-refractivity contribution in [1.82, 2.24) is 18.5 Å². The Balaban J connectivity index is 1.52. The van der Waals surface area contributed by atoms with Gasteiger partial charge in [-0.05, 0) is 40.8 Å². The van der Waals surface area contributed by atoms with Crippen LogP contribution in [0.5, 0.6) is 0 Å². The van der Waals surface area contributed by atoms with Crippen LogP contribution in [0, 0.1) is 0 Å². The lowest BCUT2D eigenvalue weighted by Gasteiger charge is -2.28. The van der Waals surface area contributed by atoms with Crippen molar-refractivity contribution in [2.45, 2.75) is 24.4 Å². The van der Waals surface area contributed by atoms with Crippen LogP contribution in [0.2, 0.25) is 0 Å². The average Bonchev–Trinajstić information content (AvgIpc) is 3.14. The molecule has 2 aromatic heterocycles. The summed E-state index contributed by atoms with van der Waals surface area (Å²) >= 11 is 0. The van der Waals surface area contributed by atoms with E-state index in [2.05, 4.69) is 11.7 Å². The minimum atomic E-state index is -3.83. The molecule has 0 saturated heterocycles. The van der Waals surface area contributed by atoms with E-state index in [4.69, 9.17) is 0 Å². The van der Waals surface area contributed by atoms with Gasteiger partial charge in [-0.1, -0.05) is 61.2 Å². The predicted molar refractivity (Wildman–Crippen MR) is 123 cm³/mol. The van der Waals surface area contributed by atoms with Crippen LogP contribution in [-0.4, -0.2) is 33.4 Å². The summed E-state index contributed by atoms with van der Waals surface area (Å²) in [6, 6.07) is 18.6. The number of nitrogens with zero attached hydrogens (tertiary/aromatic N) is 4. The fraction of sp³-hybridized carbons (Fsp3) is 0.167. The smallest absolute Gasteiger partial charge is 0.249 e. The molecule has 0 amide bonds. The number of sulfonamides is 1. The molecule has 0 unspecified atom stereocenters. The maximum absolute atomic E-state index is 13.5. The first-order valence-electron chi connectivity index (χ1n) is 10.3. The molecule has 5 rings (SSSR count). The Morgan fingerprint density at radius 3 is 2.50 bits per heavy atom. The zero-order valence-corrected chi connectivity index (χ0v) is 18.2. The largest absolute Gasteiger partial charge is 0.350 e. The van der Waals surface area contributed by atoms with Crippen molar-refractivity contribution in [3.05, 3.63) is 106 Å². The molecule has 2 aromatic carbocycles. The van der Waals surface area contributed by atoms with E-state index >= 15 is 0 Å². The van der Waals surface area contributed by atoms with Gasteiger partial charge < -0.3 is 0 Å². The van der Waals surface area contributed by atoms with Crippen LogP contribution in [0.3, 0.4) is 0 Å². The van der Waals surface area contributed by atoms with Crippen molar-refractivity contribution in [3.8, 4) is 0 Å². The van der Waals surface area contributed by atoms with E-state index in [1.165, 1.54) is 25.0 Å². The third-order valence-electron chi connectivity index (χ3n) is 5.83. The average molecular weight is 447 g/mol. The summed E-state index contributed by atoms with van der Waals surface area (Å²) in [7, 11) is -3.83. The normalized spacial score (nSPS) is 14.4. The minimum Gasteiger partial charge on any atom is -0.249 e. The first-order valence-corrected chi connectivity index (χ1v) is 11.8. The van der Waals surface area contributed by atoms with E-state index in [1.54, 1.807) is 18.3 Å². The Kier molecular flexibility index (Phi) is 5.03. The van der Waals surface area contributed by atoms with Gasteiger partial charge in [0, 0.05) is 19.3 Å². The molecule has 0 atom stereocenters. The van der Waals surface area contributed by atoms with Gasteiger partial charge in [0.05, 0.1) is 6.54 Å². The summed E-state index contributed by atoms with van der Waals surface area (Å²) in [5, 5.41) is 4.40. The molecule has 8 heteroatoms. The lowest BCUT2D eigenvalue weighted by atomic mass is 10.0. The van der Waals surface area contributed by atoms with Gasteiger partial charge in [-0.2, -0.15) is 4.31 Å². The molecule has 7 nitrogen and oxygen atoms in total. The van der Waals surface area contributed by atoms with Gasteiger partial charge in [0.2, 0.25) is 10.0 Å². The van der Waals surface area contributed by atoms with E-state index in [0.29, 0.717) is 19.5 Å². The molecule has 0 fully saturated rings. The summed E-state index contributed by atoms with van der Waals surface area (Å²) in [4.78, 5) is 13.0. The third kappa shape index (κ3) is 3.47. The quantitative estimate of drug-likeness (QED) is 0.472. The highest BCUT2D eigenvalue weighted by Crippen LogP contribution is 2.26. The highest BCUT2D eigenvalue weighted by molar-refractivity contribution is 7.89. The second-order valence-electron chi connectivity index (χ2n) is 7.81. The van der Waals surface area contributed by atoms with E-state index in [-0.39, 0.29) is 22.8 Å². The van der Waals surface area contributed by atoms with Crippen molar-refractivity contribution >= 4 is 21.7 Å². The molecule has 32 heavy (non-hydrogen) atoms. The summed E-state index contributed by atoms with van der Waals surface area (Å²) in [5.74, 6) is 0. The van der Waals surface area contributed by atoms with Crippen molar-refractivity contribution in [2.75, 3.05) is 6.54 Å².